The molecule has 3 aromatic heterocycles. The molecule has 4 rings (SSSR count). The summed E-state index contributed by atoms with van der Waals surface area (Å²) in [7, 11) is 1.79. The Morgan fingerprint density at radius 3 is 2.70 bits per heavy atom. The van der Waals surface area contributed by atoms with Gasteiger partial charge in [-0.05, 0) is 37.4 Å². The lowest BCUT2D eigenvalue weighted by atomic mass is 10.3. The summed E-state index contributed by atoms with van der Waals surface area (Å²) in [5.74, 6) is 0.387. The van der Waals surface area contributed by atoms with Crippen molar-refractivity contribution in [1.82, 2.24) is 24.5 Å². The lowest BCUT2D eigenvalue weighted by molar-refractivity contribution is -0.115. The van der Waals surface area contributed by atoms with E-state index in [0.717, 1.165) is 10.6 Å². The number of carbonyl (C=O) groups excluding carboxylic acids is 1. The van der Waals surface area contributed by atoms with Crippen LogP contribution in [-0.2, 0) is 11.8 Å². The maximum absolute atomic E-state index is 13.0. The maximum atomic E-state index is 13.0. The quantitative estimate of drug-likeness (QED) is 0.448. The third-order valence-corrected chi connectivity index (χ3v) is 6.51. The Morgan fingerprint density at radius 1 is 1.23 bits per heavy atom. The number of rotatable bonds is 6. The van der Waals surface area contributed by atoms with Crippen molar-refractivity contribution in [2.45, 2.75) is 24.3 Å². The molecule has 1 amide bonds. The molecule has 0 bridgehead atoms. The number of carbonyl (C=O) groups is 1. The van der Waals surface area contributed by atoms with E-state index in [9.17, 15) is 9.59 Å². The molecule has 0 spiro atoms. The highest BCUT2D eigenvalue weighted by Crippen LogP contribution is 2.26. The van der Waals surface area contributed by atoms with Gasteiger partial charge in [0.15, 0.2) is 5.82 Å². The molecule has 0 radical (unpaired) electrons. The van der Waals surface area contributed by atoms with Crippen molar-refractivity contribution in [3.63, 3.8) is 0 Å². The van der Waals surface area contributed by atoms with Crippen LogP contribution in [0.4, 0.5) is 5.69 Å². The Morgan fingerprint density at radius 2 is 2.00 bits per heavy atom. The summed E-state index contributed by atoms with van der Waals surface area (Å²) in [4.78, 5) is 31.1. The Hall–Kier alpha value is -3.11. The highest BCUT2D eigenvalue weighted by molar-refractivity contribution is 8.00. The van der Waals surface area contributed by atoms with E-state index in [4.69, 9.17) is 0 Å². The van der Waals surface area contributed by atoms with E-state index in [1.54, 1.807) is 36.9 Å². The number of aromatic nitrogens is 5. The number of nitrogens with zero attached hydrogens (tertiary/aromatic N) is 4. The molecule has 10 heteroatoms. The lowest BCUT2D eigenvalue weighted by Gasteiger charge is -2.09. The highest BCUT2D eigenvalue weighted by atomic mass is 32.2. The molecular formula is C20H20N6O2S2. The molecule has 0 unspecified atom stereocenters. The van der Waals surface area contributed by atoms with Gasteiger partial charge in [0.25, 0.3) is 5.56 Å². The SMILES string of the molecule is Cc1c(NC(=O)[C@@H](C)Sc2n[nH]c(-c3cccs3)n2)c(=O)n(-c2ccccc2)n1C. The average molecular weight is 441 g/mol. The normalized spacial score (nSPS) is 12.1. The van der Waals surface area contributed by atoms with E-state index in [0.29, 0.717) is 16.7 Å². The van der Waals surface area contributed by atoms with E-state index in [2.05, 4.69) is 20.5 Å². The Kier molecular flexibility index (Phi) is 5.60. The number of para-hydroxylation sites is 1. The Balaban J connectivity index is 1.51. The molecule has 0 aliphatic carbocycles. The van der Waals surface area contributed by atoms with Gasteiger partial charge in [-0.25, -0.2) is 9.67 Å². The number of anilines is 1. The van der Waals surface area contributed by atoms with Gasteiger partial charge in [-0.15, -0.1) is 16.4 Å². The van der Waals surface area contributed by atoms with Gasteiger partial charge in [0, 0.05) is 7.05 Å². The molecule has 154 valence electrons. The number of hydrogen-bond donors (Lipinski definition) is 2. The number of thiophene rings is 1. The molecule has 8 nitrogen and oxygen atoms in total. The summed E-state index contributed by atoms with van der Waals surface area (Å²) >= 11 is 2.79. The van der Waals surface area contributed by atoms with Crippen LogP contribution in [0.1, 0.15) is 12.6 Å². The zero-order chi connectivity index (χ0) is 21.3. The lowest BCUT2D eigenvalue weighted by Crippen LogP contribution is -2.27. The van der Waals surface area contributed by atoms with Gasteiger partial charge in [0.05, 0.1) is 21.5 Å². The summed E-state index contributed by atoms with van der Waals surface area (Å²) in [5, 5.41) is 11.8. The van der Waals surface area contributed by atoms with E-state index in [1.807, 2.05) is 47.8 Å². The molecule has 0 aliphatic heterocycles. The molecule has 0 saturated heterocycles. The fourth-order valence-electron chi connectivity index (χ4n) is 2.97. The van der Waals surface area contributed by atoms with Crippen molar-refractivity contribution in [2.75, 3.05) is 5.32 Å². The molecule has 1 aromatic carbocycles. The van der Waals surface area contributed by atoms with Crippen LogP contribution in [0, 0.1) is 6.92 Å². The third kappa shape index (κ3) is 3.83. The third-order valence-electron chi connectivity index (χ3n) is 4.67. The van der Waals surface area contributed by atoms with E-state index in [-0.39, 0.29) is 17.2 Å². The van der Waals surface area contributed by atoms with Crippen molar-refractivity contribution in [3.8, 4) is 16.4 Å². The standard InChI is InChI=1S/C20H20N6O2S2/c1-12-16(19(28)26(25(12)3)14-8-5-4-6-9-14)21-18(27)13(2)30-20-22-17(23-24-20)15-10-7-11-29-15/h4-11,13H,1-3H3,(H,21,27)(H,22,23,24)/t13-/m1/s1. The predicted molar refractivity (Wildman–Crippen MR) is 119 cm³/mol. The topological polar surface area (TPSA) is 97.6 Å². The number of H-pyrrole nitrogens is 1. The smallest absolute Gasteiger partial charge is 0.295 e. The van der Waals surface area contributed by atoms with Gasteiger partial charge in [-0.1, -0.05) is 36.0 Å². The number of aromatic amines is 1. The molecule has 2 N–H and O–H groups in total. The van der Waals surface area contributed by atoms with Gasteiger partial charge < -0.3 is 5.32 Å². The van der Waals surface area contributed by atoms with Crippen molar-refractivity contribution < 1.29 is 4.79 Å². The van der Waals surface area contributed by atoms with Crippen LogP contribution in [0.2, 0.25) is 0 Å². The first-order chi connectivity index (χ1) is 14.5. The van der Waals surface area contributed by atoms with Crippen LogP contribution < -0.4 is 10.9 Å². The van der Waals surface area contributed by atoms with Crippen molar-refractivity contribution >= 4 is 34.7 Å². The Bertz CT molecular complexity index is 1220. The first-order valence-corrected chi connectivity index (χ1v) is 11.0. The summed E-state index contributed by atoms with van der Waals surface area (Å²) in [6.07, 6.45) is 0. The molecule has 3 heterocycles. The number of amides is 1. The van der Waals surface area contributed by atoms with E-state index < -0.39 is 5.25 Å². The van der Waals surface area contributed by atoms with Crippen LogP contribution in [0.3, 0.4) is 0 Å². The number of hydrogen-bond acceptors (Lipinski definition) is 6. The van der Waals surface area contributed by atoms with Gasteiger partial charge in [0.1, 0.15) is 5.69 Å². The maximum Gasteiger partial charge on any atom is 0.295 e. The van der Waals surface area contributed by atoms with E-state index >= 15 is 0 Å². The fourth-order valence-corrected chi connectivity index (χ4v) is 4.36. The van der Waals surface area contributed by atoms with Crippen LogP contribution in [0.25, 0.3) is 16.4 Å². The molecule has 1 atom stereocenters. The first-order valence-electron chi connectivity index (χ1n) is 9.23. The van der Waals surface area contributed by atoms with Gasteiger partial charge in [0.2, 0.25) is 11.1 Å². The van der Waals surface area contributed by atoms with Crippen LogP contribution in [0.15, 0.2) is 57.8 Å². The van der Waals surface area contributed by atoms with Crippen LogP contribution in [-0.4, -0.2) is 35.7 Å². The van der Waals surface area contributed by atoms with Gasteiger partial charge >= 0.3 is 0 Å². The van der Waals surface area contributed by atoms with Crippen molar-refractivity contribution in [1.29, 1.82) is 0 Å². The summed E-state index contributed by atoms with van der Waals surface area (Å²) in [6, 6.07) is 13.2. The molecular weight excluding hydrogens is 420 g/mol. The van der Waals surface area contributed by atoms with Crippen molar-refractivity contribution in [3.05, 3.63) is 63.9 Å². The monoisotopic (exact) mass is 440 g/mol. The second-order valence-corrected chi connectivity index (χ2v) is 8.89. The fraction of sp³-hybridized carbons (Fsp3) is 0.200. The average Bonchev–Trinajstić information content (AvgIpc) is 3.47. The molecule has 30 heavy (non-hydrogen) atoms. The number of benzene rings is 1. The zero-order valence-corrected chi connectivity index (χ0v) is 18.3. The summed E-state index contributed by atoms with van der Waals surface area (Å²) in [6.45, 7) is 3.56. The predicted octanol–water partition coefficient (Wildman–Crippen LogP) is 3.45. The molecule has 0 fully saturated rings. The van der Waals surface area contributed by atoms with Gasteiger partial charge in [-0.2, -0.15) is 0 Å². The molecule has 4 aromatic rings. The molecule has 0 saturated carbocycles. The number of thioether (sulfide) groups is 1. The second-order valence-electron chi connectivity index (χ2n) is 6.63. The largest absolute Gasteiger partial charge is 0.319 e. The van der Waals surface area contributed by atoms with Crippen molar-refractivity contribution in [2.24, 2.45) is 7.05 Å². The minimum atomic E-state index is -0.485. The Labute approximate surface area is 180 Å². The minimum Gasteiger partial charge on any atom is -0.319 e. The number of nitrogens with one attached hydrogen (secondary N) is 2. The summed E-state index contributed by atoms with van der Waals surface area (Å²) < 4.78 is 3.26. The highest BCUT2D eigenvalue weighted by Gasteiger charge is 2.22. The first kappa shape index (κ1) is 20.2. The van der Waals surface area contributed by atoms with Crippen LogP contribution >= 0.6 is 23.1 Å². The molecule has 0 aliphatic rings. The van der Waals surface area contributed by atoms with Gasteiger partial charge in [-0.3, -0.25) is 19.4 Å². The zero-order valence-electron chi connectivity index (χ0n) is 16.6. The second kappa shape index (κ2) is 8.33. The summed E-state index contributed by atoms with van der Waals surface area (Å²) in [5.41, 5.74) is 1.41. The van der Waals surface area contributed by atoms with Crippen LogP contribution in [0.5, 0.6) is 0 Å². The van der Waals surface area contributed by atoms with E-state index in [1.165, 1.54) is 16.4 Å². The minimum absolute atomic E-state index is 0.271.